The lowest BCUT2D eigenvalue weighted by molar-refractivity contribution is -0.121. The molecule has 1 aliphatic heterocycles. The Kier molecular flexibility index (Phi) is 9.36. The molecule has 5 nitrogen and oxygen atoms in total. The van der Waals surface area contributed by atoms with Gasteiger partial charge in [-0.25, -0.2) is 4.98 Å². The lowest BCUT2D eigenvalue weighted by Crippen LogP contribution is -2.40. The molecular formula is C18H23BrCl2N4O. The highest BCUT2D eigenvalue weighted by molar-refractivity contribution is 9.10. The third-order valence-electron chi connectivity index (χ3n) is 4.21. The molecule has 1 aromatic heterocycles. The van der Waals surface area contributed by atoms with Gasteiger partial charge in [-0.2, -0.15) is 0 Å². The number of hydrogen-bond acceptors (Lipinski definition) is 4. The van der Waals surface area contributed by atoms with E-state index < -0.39 is 0 Å². The van der Waals surface area contributed by atoms with Crippen molar-refractivity contribution in [2.45, 2.75) is 19.4 Å². The molecule has 0 aliphatic carbocycles. The number of amides is 1. The van der Waals surface area contributed by atoms with E-state index in [9.17, 15) is 4.79 Å². The van der Waals surface area contributed by atoms with E-state index in [0.717, 1.165) is 42.6 Å². The molecule has 2 aromatic rings. The Balaban J connectivity index is 0.00000169. The summed E-state index contributed by atoms with van der Waals surface area (Å²) in [4.78, 5) is 19.0. The highest BCUT2D eigenvalue weighted by Gasteiger charge is 2.26. The van der Waals surface area contributed by atoms with Crippen LogP contribution in [0.5, 0.6) is 0 Å². The van der Waals surface area contributed by atoms with Crippen molar-refractivity contribution in [2.24, 2.45) is 5.92 Å². The van der Waals surface area contributed by atoms with E-state index in [0.29, 0.717) is 5.82 Å². The summed E-state index contributed by atoms with van der Waals surface area (Å²) < 4.78 is 0.895. The molecule has 1 saturated heterocycles. The molecule has 0 radical (unpaired) electrons. The van der Waals surface area contributed by atoms with Crippen molar-refractivity contribution in [2.75, 3.05) is 24.1 Å². The van der Waals surface area contributed by atoms with Crippen LogP contribution in [-0.2, 0) is 11.3 Å². The van der Waals surface area contributed by atoms with Crippen LogP contribution in [-0.4, -0.2) is 28.9 Å². The highest BCUT2D eigenvalue weighted by Crippen LogP contribution is 2.21. The fourth-order valence-corrected chi connectivity index (χ4v) is 3.28. The number of halogens is 3. The number of carbonyl (C=O) groups is 1. The Morgan fingerprint density at radius 1 is 1.31 bits per heavy atom. The highest BCUT2D eigenvalue weighted by atomic mass is 79.9. The van der Waals surface area contributed by atoms with Crippen molar-refractivity contribution in [3.05, 3.63) is 52.6 Å². The van der Waals surface area contributed by atoms with Crippen molar-refractivity contribution in [1.82, 2.24) is 9.88 Å². The predicted octanol–water partition coefficient (Wildman–Crippen LogP) is 4.12. The summed E-state index contributed by atoms with van der Waals surface area (Å²) in [5.74, 6) is 0.628. The molecule has 1 fully saturated rings. The second-order valence-electron chi connectivity index (χ2n) is 6.17. The first-order valence-electron chi connectivity index (χ1n) is 8.09. The van der Waals surface area contributed by atoms with E-state index in [4.69, 9.17) is 5.73 Å². The van der Waals surface area contributed by atoms with Crippen molar-refractivity contribution >= 4 is 58.2 Å². The molecule has 0 spiro atoms. The van der Waals surface area contributed by atoms with E-state index in [2.05, 4.69) is 37.2 Å². The average molecular weight is 462 g/mol. The zero-order valence-corrected chi connectivity index (χ0v) is 17.4. The SMILES string of the molecule is Cl.Cl.Nc1cccc(CN2CCCC(C(=O)Nc3ccc(Br)cn3)C2)c1. The van der Waals surface area contributed by atoms with Gasteiger partial charge >= 0.3 is 0 Å². The van der Waals surface area contributed by atoms with Gasteiger partial charge in [-0.15, -0.1) is 24.8 Å². The predicted molar refractivity (Wildman–Crippen MR) is 114 cm³/mol. The number of anilines is 2. The third-order valence-corrected chi connectivity index (χ3v) is 4.68. The number of nitrogens with zero attached hydrogens (tertiary/aromatic N) is 2. The Morgan fingerprint density at radius 2 is 2.12 bits per heavy atom. The van der Waals surface area contributed by atoms with E-state index >= 15 is 0 Å². The van der Waals surface area contributed by atoms with Crippen LogP contribution in [0.4, 0.5) is 11.5 Å². The van der Waals surface area contributed by atoms with Crippen LogP contribution in [0, 0.1) is 5.92 Å². The summed E-state index contributed by atoms with van der Waals surface area (Å²) in [6.07, 6.45) is 3.62. The van der Waals surface area contributed by atoms with Gasteiger partial charge in [-0.3, -0.25) is 9.69 Å². The lowest BCUT2D eigenvalue weighted by Gasteiger charge is -2.32. The number of rotatable bonds is 4. The molecule has 2 heterocycles. The van der Waals surface area contributed by atoms with Gasteiger partial charge in [-0.05, 0) is 65.1 Å². The molecule has 1 atom stereocenters. The summed E-state index contributed by atoms with van der Waals surface area (Å²) in [7, 11) is 0. The number of benzene rings is 1. The number of likely N-dealkylation sites (tertiary alicyclic amines) is 1. The minimum atomic E-state index is -0.00902. The zero-order chi connectivity index (χ0) is 16.9. The summed E-state index contributed by atoms with van der Waals surface area (Å²) >= 11 is 3.34. The lowest BCUT2D eigenvalue weighted by atomic mass is 9.96. The van der Waals surface area contributed by atoms with E-state index in [1.165, 1.54) is 5.56 Å². The summed E-state index contributed by atoms with van der Waals surface area (Å²) in [5, 5.41) is 2.91. The summed E-state index contributed by atoms with van der Waals surface area (Å²) in [6, 6.07) is 11.6. The molecule has 3 N–H and O–H groups in total. The molecule has 1 aromatic carbocycles. The molecule has 3 rings (SSSR count). The molecule has 1 unspecified atom stereocenters. The van der Waals surface area contributed by atoms with E-state index in [1.807, 2.05) is 24.3 Å². The fourth-order valence-electron chi connectivity index (χ4n) is 3.04. The fraction of sp³-hybridized carbons (Fsp3) is 0.333. The third kappa shape index (κ3) is 6.43. The second-order valence-corrected chi connectivity index (χ2v) is 7.09. The van der Waals surface area contributed by atoms with Crippen LogP contribution in [0.15, 0.2) is 47.1 Å². The quantitative estimate of drug-likeness (QED) is 0.671. The zero-order valence-electron chi connectivity index (χ0n) is 14.2. The number of pyridine rings is 1. The largest absolute Gasteiger partial charge is 0.399 e. The number of hydrogen-bond donors (Lipinski definition) is 2. The van der Waals surface area contributed by atoms with Crippen LogP contribution in [0.2, 0.25) is 0 Å². The minimum absolute atomic E-state index is 0. The molecule has 142 valence electrons. The molecule has 0 bridgehead atoms. The molecular weight excluding hydrogens is 439 g/mol. The van der Waals surface area contributed by atoms with Crippen molar-refractivity contribution in [3.63, 3.8) is 0 Å². The number of nitrogens with two attached hydrogens (primary N) is 1. The average Bonchev–Trinajstić information content (AvgIpc) is 2.57. The van der Waals surface area contributed by atoms with Crippen LogP contribution >= 0.6 is 40.7 Å². The maximum Gasteiger partial charge on any atom is 0.229 e. The molecule has 0 saturated carbocycles. The van der Waals surface area contributed by atoms with Crippen LogP contribution < -0.4 is 11.1 Å². The topological polar surface area (TPSA) is 71.2 Å². The Morgan fingerprint density at radius 3 is 2.81 bits per heavy atom. The van der Waals surface area contributed by atoms with Crippen molar-refractivity contribution in [3.8, 4) is 0 Å². The molecule has 1 amide bonds. The Bertz CT molecular complexity index is 715. The maximum atomic E-state index is 12.5. The first kappa shape index (κ1) is 22.7. The van der Waals surface area contributed by atoms with Gasteiger partial charge in [0.25, 0.3) is 0 Å². The van der Waals surface area contributed by atoms with Crippen LogP contribution in [0.1, 0.15) is 18.4 Å². The van der Waals surface area contributed by atoms with Gasteiger partial charge in [0.2, 0.25) is 5.91 Å². The van der Waals surface area contributed by atoms with Gasteiger partial charge in [0.1, 0.15) is 5.82 Å². The number of aromatic nitrogens is 1. The van der Waals surface area contributed by atoms with Gasteiger partial charge in [-0.1, -0.05) is 12.1 Å². The molecule has 26 heavy (non-hydrogen) atoms. The van der Waals surface area contributed by atoms with Gasteiger partial charge in [0.05, 0.1) is 5.92 Å². The maximum absolute atomic E-state index is 12.5. The van der Waals surface area contributed by atoms with Crippen LogP contribution in [0.3, 0.4) is 0 Å². The number of carbonyl (C=O) groups excluding carboxylic acids is 1. The van der Waals surface area contributed by atoms with Crippen LogP contribution in [0.25, 0.3) is 0 Å². The van der Waals surface area contributed by atoms with E-state index in [1.54, 1.807) is 12.3 Å². The van der Waals surface area contributed by atoms with Crippen molar-refractivity contribution in [1.29, 1.82) is 0 Å². The van der Waals surface area contributed by atoms with E-state index in [-0.39, 0.29) is 36.6 Å². The van der Waals surface area contributed by atoms with Gasteiger partial charge in [0.15, 0.2) is 0 Å². The molecule has 1 aliphatic rings. The first-order valence-corrected chi connectivity index (χ1v) is 8.88. The van der Waals surface area contributed by atoms with Gasteiger partial charge < -0.3 is 11.1 Å². The minimum Gasteiger partial charge on any atom is -0.399 e. The van der Waals surface area contributed by atoms with Gasteiger partial charge in [0, 0.05) is 29.4 Å². The standard InChI is InChI=1S/C18H21BrN4O.2ClH/c19-15-6-7-17(21-10-15)22-18(24)14-4-2-8-23(12-14)11-13-3-1-5-16(20)9-13;;/h1,3,5-7,9-10,14H,2,4,8,11-12,20H2,(H,21,22,24);2*1H. The number of piperidine rings is 1. The molecule has 8 heteroatoms. The summed E-state index contributed by atoms with van der Waals surface area (Å²) in [5.41, 5.74) is 7.81. The van der Waals surface area contributed by atoms with Crippen molar-refractivity contribution < 1.29 is 4.79 Å². The normalized spacial score (nSPS) is 16.9. The second kappa shape index (κ2) is 10.7. The smallest absolute Gasteiger partial charge is 0.229 e. The summed E-state index contributed by atoms with van der Waals surface area (Å²) in [6.45, 7) is 2.59. The first-order chi connectivity index (χ1) is 11.6. The monoisotopic (exact) mass is 460 g/mol. The number of nitrogen functional groups attached to an aromatic ring is 1. The Labute approximate surface area is 174 Å². The number of nitrogens with one attached hydrogen (secondary N) is 1. The Hall–Kier alpha value is -1.34.